The van der Waals surface area contributed by atoms with E-state index < -0.39 is 0 Å². The summed E-state index contributed by atoms with van der Waals surface area (Å²) >= 11 is 0. The number of anilines is 2. The maximum atomic E-state index is 12.3. The summed E-state index contributed by atoms with van der Waals surface area (Å²) in [6.45, 7) is 7.12. The van der Waals surface area contributed by atoms with Crippen molar-refractivity contribution in [2.45, 2.75) is 34.1 Å². The predicted octanol–water partition coefficient (Wildman–Crippen LogP) is 3.89. The lowest BCUT2D eigenvalue weighted by Gasteiger charge is -2.21. The van der Waals surface area contributed by atoms with Gasteiger partial charge in [-0.15, -0.1) is 0 Å². The smallest absolute Gasteiger partial charge is 0.226 e. The van der Waals surface area contributed by atoms with Crippen LogP contribution in [0, 0.1) is 13.8 Å². The monoisotopic (exact) mass is 352 g/mol. The van der Waals surface area contributed by atoms with Gasteiger partial charge in [-0.3, -0.25) is 14.4 Å². The Labute approximate surface area is 154 Å². The van der Waals surface area contributed by atoms with E-state index >= 15 is 0 Å². The van der Waals surface area contributed by atoms with Crippen molar-refractivity contribution < 1.29 is 14.4 Å². The molecule has 1 N–H and O–H groups in total. The van der Waals surface area contributed by atoms with E-state index in [0.29, 0.717) is 11.3 Å². The number of Topliss-reactive ketones (excluding diaryl/α,β-unsaturated/α-hetero) is 1. The Morgan fingerprint density at radius 2 is 1.62 bits per heavy atom. The largest absolute Gasteiger partial charge is 0.326 e. The molecule has 136 valence electrons. The van der Waals surface area contributed by atoms with Gasteiger partial charge in [0.2, 0.25) is 11.8 Å². The van der Waals surface area contributed by atoms with Gasteiger partial charge >= 0.3 is 0 Å². The number of amides is 2. The Kier molecular flexibility index (Phi) is 6.28. The standard InChI is InChI=1S/C21H24N2O3/c1-14-10-15(2)12-19(11-14)22-21(26)8-9-23(17(4)25)20-7-5-6-18(13-20)16(3)24/h5-7,10-13H,8-9H2,1-4H3,(H,22,26). The summed E-state index contributed by atoms with van der Waals surface area (Å²) in [5, 5.41) is 2.87. The topological polar surface area (TPSA) is 66.5 Å². The Morgan fingerprint density at radius 3 is 2.19 bits per heavy atom. The van der Waals surface area contributed by atoms with Gasteiger partial charge in [0.1, 0.15) is 0 Å². The van der Waals surface area contributed by atoms with Crippen LogP contribution < -0.4 is 10.2 Å². The molecular formula is C21H24N2O3. The molecule has 0 atom stereocenters. The minimum absolute atomic E-state index is 0.0667. The Morgan fingerprint density at radius 1 is 0.962 bits per heavy atom. The third-order valence-corrected chi connectivity index (χ3v) is 4.01. The molecule has 0 aliphatic heterocycles. The van der Waals surface area contributed by atoms with E-state index in [0.717, 1.165) is 16.8 Å². The lowest BCUT2D eigenvalue weighted by molar-refractivity contribution is -0.117. The molecule has 2 rings (SSSR count). The number of carbonyl (C=O) groups is 3. The van der Waals surface area contributed by atoms with Crippen LogP contribution >= 0.6 is 0 Å². The third kappa shape index (κ3) is 5.28. The molecule has 2 aromatic carbocycles. The molecule has 0 fully saturated rings. The van der Waals surface area contributed by atoms with Crippen LogP contribution in [-0.2, 0) is 9.59 Å². The van der Waals surface area contributed by atoms with Gasteiger partial charge in [0.05, 0.1) is 0 Å². The molecule has 0 heterocycles. The molecular weight excluding hydrogens is 328 g/mol. The minimum atomic E-state index is -0.176. The number of carbonyl (C=O) groups excluding carboxylic acids is 3. The van der Waals surface area contributed by atoms with E-state index in [1.54, 1.807) is 24.3 Å². The number of hydrogen-bond acceptors (Lipinski definition) is 3. The summed E-state index contributed by atoms with van der Waals surface area (Å²) in [5.41, 5.74) is 4.05. The molecule has 0 spiro atoms. The van der Waals surface area contributed by atoms with Crippen molar-refractivity contribution in [1.29, 1.82) is 0 Å². The average molecular weight is 352 g/mol. The van der Waals surface area contributed by atoms with Gasteiger partial charge in [-0.1, -0.05) is 18.2 Å². The van der Waals surface area contributed by atoms with Crippen molar-refractivity contribution in [3.05, 3.63) is 59.2 Å². The first kappa shape index (κ1) is 19.4. The molecule has 0 unspecified atom stereocenters. The van der Waals surface area contributed by atoms with Crippen LogP contribution in [0.1, 0.15) is 41.8 Å². The highest BCUT2D eigenvalue weighted by atomic mass is 16.2. The summed E-state index contributed by atoms with van der Waals surface area (Å²) in [6.07, 6.45) is 0.164. The molecule has 2 amide bonds. The molecule has 0 aliphatic rings. The van der Waals surface area contributed by atoms with Crippen molar-refractivity contribution in [3.63, 3.8) is 0 Å². The second-order valence-electron chi connectivity index (χ2n) is 6.45. The molecule has 0 saturated heterocycles. The summed E-state index contributed by atoms with van der Waals surface area (Å²) in [7, 11) is 0. The number of nitrogens with zero attached hydrogens (tertiary/aromatic N) is 1. The Hall–Kier alpha value is -2.95. The summed E-state index contributed by atoms with van der Waals surface area (Å²) in [6, 6.07) is 12.7. The zero-order valence-corrected chi connectivity index (χ0v) is 15.6. The van der Waals surface area contributed by atoms with E-state index in [-0.39, 0.29) is 30.6 Å². The highest BCUT2D eigenvalue weighted by molar-refractivity contribution is 5.98. The minimum Gasteiger partial charge on any atom is -0.326 e. The molecule has 5 nitrogen and oxygen atoms in total. The van der Waals surface area contributed by atoms with Crippen molar-refractivity contribution in [3.8, 4) is 0 Å². The van der Waals surface area contributed by atoms with Crippen LogP contribution in [0.25, 0.3) is 0 Å². The number of benzene rings is 2. The van der Waals surface area contributed by atoms with Gasteiger partial charge < -0.3 is 10.2 Å². The fraction of sp³-hybridized carbons (Fsp3) is 0.286. The first-order valence-corrected chi connectivity index (χ1v) is 8.53. The zero-order valence-electron chi connectivity index (χ0n) is 15.6. The third-order valence-electron chi connectivity index (χ3n) is 4.01. The van der Waals surface area contributed by atoms with Crippen LogP contribution in [0.15, 0.2) is 42.5 Å². The summed E-state index contributed by atoms with van der Waals surface area (Å²) in [4.78, 5) is 37.3. The van der Waals surface area contributed by atoms with Gasteiger partial charge in [0.15, 0.2) is 5.78 Å². The second-order valence-corrected chi connectivity index (χ2v) is 6.45. The molecule has 5 heteroatoms. The molecule has 2 aromatic rings. The quantitative estimate of drug-likeness (QED) is 0.802. The van der Waals surface area contributed by atoms with Gasteiger partial charge in [0, 0.05) is 36.8 Å². The molecule has 0 aliphatic carbocycles. The normalized spacial score (nSPS) is 10.3. The number of ketones is 1. The van der Waals surface area contributed by atoms with Gasteiger partial charge in [-0.2, -0.15) is 0 Å². The zero-order chi connectivity index (χ0) is 19.3. The maximum absolute atomic E-state index is 12.3. The number of aryl methyl sites for hydroxylation is 2. The fourth-order valence-corrected chi connectivity index (χ4v) is 2.84. The average Bonchev–Trinajstić information content (AvgIpc) is 2.54. The van der Waals surface area contributed by atoms with Crippen LogP contribution in [0.5, 0.6) is 0 Å². The molecule has 0 bridgehead atoms. The number of nitrogens with one attached hydrogen (secondary N) is 1. The predicted molar refractivity (Wildman–Crippen MR) is 104 cm³/mol. The first-order chi connectivity index (χ1) is 12.3. The molecule has 0 saturated carbocycles. The van der Waals surface area contributed by atoms with Gasteiger partial charge in [0.25, 0.3) is 0 Å². The van der Waals surface area contributed by atoms with Crippen molar-refractivity contribution in [2.24, 2.45) is 0 Å². The van der Waals surface area contributed by atoms with E-state index in [1.165, 1.54) is 18.7 Å². The lowest BCUT2D eigenvalue weighted by Crippen LogP contribution is -2.32. The van der Waals surface area contributed by atoms with E-state index in [9.17, 15) is 14.4 Å². The van der Waals surface area contributed by atoms with Crippen LogP contribution in [0.4, 0.5) is 11.4 Å². The number of rotatable bonds is 6. The summed E-state index contributed by atoms with van der Waals surface area (Å²) < 4.78 is 0. The van der Waals surface area contributed by atoms with Gasteiger partial charge in [-0.05, 0) is 56.2 Å². The number of hydrogen-bond donors (Lipinski definition) is 1. The van der Waals surface area contributed by atoms with E-state index in [1.807, 2.05) is 32.0 Å². The van der Waals surface area contributed by atoms with Crippen LogP contribution in [0.2, 0.25) is 0 Å². The van der Waals surface area contributed by atoms with Crippen molar-refractivity contribution >= 4 is 29.0 Å². The molecule has 0 aromatic heterocycles. The molecule has 26 heavy (non-hydrogen) atoms. The van der Waals surface area contributed by atoms with Crippen LogP contribution in [0.3, 0.4) is 0 Å². The highest BCUT2D eigenvalue weighted by Gasteiger charge is 2.15. The Balaban J connectivity index is 2.06. The van der Waals surface area contributed by atoms with E-state index in [2.05, 4.69) is 5.32 Å². The van der Waals surface area contributed by atoms with Crippen LogP contribution in [-0.4, -0.2) is 24.1 Å². The first-order valence-electron chi connectivity index (χ1n) is 8.53. The lowest BCUT2D eigenvalue weighted by atomic mass is 10.1. The van der Waals surface area contributed by atoms with Gasteiger partial charge in [-0.25, -0.2) is 0 Å². The fourth-order valence-electron chi connectivity index (χ4n) is 2.84. The second kappa shape index (κ2) is 8.43. The van der Waals surface area contributed by atoms with Crippen molar-refractivity contribution in [2.75, 3.05) is 16.8 Å². The molecule has 0 radical (unpaired) electrons. The Bertz CT molecular complexity index is 823. The van der Waals surface area contributed by atoms with Crippen molar-refractivity contribution in [1.82, 2.24) is 0 Å². The maximum Gasteiger partial charge on any atom is 0.226 e. The summed E-state index contributed by atoms with van der Waals surface area (Å²) in [5.74, 6) is -0.406. The SMILES string of the molecule is CC(=O)c1cccc(N(CCC(=O)Nc2cc(C)cc(C)c2)C(C)=O)c1. The highest BCUT2D eigenvalue weighted by Crippen LogP contribution is 2.18. The van der Waals surface area contributed by atoms with E-state index in [4.69, 9.17) is 0 Å².